The second kappa shape index (κ2) is 8.20. The lowest BCUT2D eigenvalue weighted by Gasteiger charge is -2.31. The van der Waals surface area contributed by atoms with E-state index in [9.17, 15) is 18.0 Å². The van der Waals surface area contributed by atoms with Crippen molar-refractivity contribution in [2.45, 2.75) is 39.5 Å². The molecule has 1 fully saturated rings. The molecule has 0 N–H and O–H groups in total. The summed E-state index contributed by atoms with van der Waals surface area (Å²) in [5, 5.41) is 0. The maximum Gasteiger partial charge on any atom is 0.417 e. The average Bonchev–Trinajstić information content (AvgIpc) is 2.68. The molecule has 0 radical (unpaired) electrons. The first-order valence-electron chi connectivity index (χ1n) is 9.25. The Bertz CT molecular complexity index is 827. The van der Waals surface area contributed by atoms with Crippen LogP contribution in [0, 0.1) is 19.8 Å². The fourth-order valence-corrected chi connectivity index (χ4v) is 3.31. The maximum atomic E-state index is 12.6. The second-order valence-electron chi connectivity index (χ2n) is 7.20. The number of anilines is 1. The van der Waals surface area contributed by atoms with Gasteiger partial charge in [-0.2, -0.15) is 13.2 Å². The van der Waals surface area contributed by atoms with Crippen molar-refractivity contribution in [3.63, 3.8) is 0 Å². The molecule has 0 saturated carbocycles. The zero-order valence-corrected chi connectivity index (χ0v) is 15.9. The predicted octanol–water partition coefficient (Wildman–Crippen LogP) is 4.68. The lowest BCUT2D eigenvalue weighted by molar-refractivity contribution is -0.150. The average molecular weight is 392 g/mol. The number of alkyl halides is 3. The molecule has 0 bridgehead atoms. The molecule has 1 aromatic carbocycles. The van der Waals surface area contributed by atoms with E-state index in [2.05, 4.69) is 4.98 Å². The topological polar surface area (TPSA) is 42.4 Å². The SMILES string of the molecule is Cc1ccc(C)c(COC(=O)C2CCN(c3ccc(C(F)(F)F)cn3)CC2)c1. The van der Waals surface area contributed by atoms with Gasteiger partial charge in [-0.05, 0) is 49.9 Å². The van der Waals surface area contributed by atoms with Crippen LogP contribution in [0.25, 0.3) is 0 Å². The fourth-order valence-electron chi connectivity index (χ4n) is 3.31. The van der Waals surface area contributed by atoms with Gasteiger partial charge in [0.05, 0.1) is 11.5 Å². The van der Waals surface area contributed by atoms with Crippen LogP contribution in [-0.2, 0) is 22.3 Å². The minimum atomic E-state index is -4.39. The Balaban J connectivity index is 1.52. The molecule has 0 aliphatic carbocycles. The number of ether oxygens (including phenoxy) is 1. The van der Waals surface area contributed by atoms with E-state index in [0.717, 1.165) is 29.0 Å². The number of carbonyl (C=O) groups excluding carboxylic acids is 1. The highest BCUT2D eigenvalue weighted by Crippen LogP contribution is 2.30. The summed E-state index contributed by atoms with van der Waals surface area (Å²) in [6, 6.07) is 8.45. The Morgan fingerprint density at radius 3 is 2.50 bits per heavy atom. The molecule has 150 valence electrons. The van der Waals surface area contributed by atoms with Crippen molar-refractivity contribution in [2.24, 2.45) is 5.92 Å². The molecular weight excluding hydrogens is 369 g/mol. The second-order valence-corrected chi connectivity index (χ2v) is 7.20. The fraction of sp³-hybridized carbons (Fsp3) is 0.429. The molecule has 4 nitrogen and oxygen atoms in total. The summed E-state index contributed by atoms with van der Waals surface area (Å²) < 4.78 is 43.4. The van der Waals surface area contributed by atoms with Gasteiger partial charge in [-0.25, -0.2) is 4.98 Å². The molecule has 1 aliphatic heterocycles. The van der Waals surface area contributed by atoms with Crippen LogP contribution in [0.5, 0.6) is 0 Å². The lowest BCUT2D eigenvalue weighted by atomic mass is 9.97. The Labute approximate surface area is 162 Å². The van der Waals surface area contributed by atoms with Gasteiger partial charge < -0.3 is 9.64 Å². The molecule has 0 spiro atoms. The van der Waals surface area contributed by atoms with Crippen molar-refractivity contribution in [3.8, 4) is 0 Å². The maximum absolute atomic E-state index is 12.6. The summed E-state index contributed by atoms with van der Waals surface area (Å²) >= 11 is 0. The lowest BCUT2D eigenvalue weighted by Crippen LogP contribution is -2.37. The summed E-state index contributed by atoms with van der Waals surface area (Å²) in [6.45, 7) is 5.35. The number of esters is 1. The number of hydrogen-bond donors (Lipinski definition) is 0. The number of carbonyl (C=O) groups is 1. The van der Waals surface area contributed by atoms with Crippen molar-refractivity contribution in [2.75, 3.05) is 18.0 Å². The van der Waals surface area contributed by atoms with E-state index in [1.807, 2.05) is 36.9 Å². The van der Waals surface area contributed by atoms with Crippen LogP contribution in [0.15, 0.2) is 36.5 Å². The van der Waals surface area contributed by atoms with Crippen LogP contribution in [0.1, 0.15) is 35.1 Å². The molecular formula is C21H23F3N2O2. The number of nitrogens with zero attached hydrogens (tertiary/aromatic N) is 2. The number of halogens is 3. The summed E-state index contributed by atoms with van der Waals surface area (Å²) in [6.07, 6.45) is -2.36. The van der Waals surface area contributed by atoms with Gasteiger partial charge in [0.2, 0.25) is 0 Å². The van der Waals surface area contributed by atoms with Crippen molar-refractivity contribution >= 4 is 11.8 Å². The number of aromatic nitrogens is 1. The van der Waals surface area contributed by atoms with E-state index in [-0.39, 0.29) is 18.5 Å². The van der Waals surface area contributed by atoms with Gasteiger partial charge in [0.15, 0.2) is 0 Å². The molecule has 7 heteroatoms. The van der Waals surface area contributed by atoms with E-state index in [4.69, 9.17) is 4.74 Å². The van der Waals surface area contributed by atoms with Gasteiger partial charge in [0.1, 0.15) is 12.4 Å². The van der Waals surface area contributed by atoms with Crippen molar-refractivity contribution < 1.29 is 22.7 Å². The van der Waals surface area contributed by atoms with Gasteiger partial charge in [-0.15, -0.1) is 0 Å². The third kappa shape index (κ3) is 4.82. The molecule has 0 unspecified atom stereocenters. The third-order valence-electron chi connectivity index (χ3n) is 5.10. The number of pyridine rings is 1. The highest BCUT2D eigenvalue weighted by molar-refractivity contribution is 5.73. The van der Waals surface area contributed by atoms with Crippen molar-refractivity contribution in [1.29, 1.82) is 0 Å². The molecule has 1 aromatic heterocycles. The van der Waals surface area contributed by atoms with Crippen LogP contribution >= 0.6 is 0 Å². The largest absolute Gasteiger partial charge is 0.461 e. The number of rotatable bonds is 4. The number of hydrogen-bond acceptors (Lipinski definition) is 4. The number of aryl methyl sites for hydroxylation is 2. The van der Waals surface area contributed by atoms with E-state index in [1.54, 1.807) is 0 Å². The molecule has 28 heavy (non-hydrogen) atoms. The van der Waals surface area contributed by atoms with E-state index in [1.165, 1.54) is 6.07 Å². The summed E-state index contributed by atoms with van der Waals surface area (Å²) in [7, 11) is 0. The molecule has 2 aromatic rings. The molecule has 1 saturated heterocycles. The smallest absolute Gasteiger partial charge is 0.417 e. The highest BCUT2D eigenvalue weighted by Gasteiger charge is 2.31. The number of piperidine rings is 1. The third-order valence-corrected chi connectivity index (χ3v) is 5.10. The first-order chi connectivity index (χ1) is 13.2. The van der Waals surface area contributed by atoms with Gasteiger partial charge in [0.25, 0.3) is 0 Å². The molecule has 0 amide bonds. The first kappa shape index (κ1) is 20.2. The molecule has 3 rings (SSSR count). The van der Waals surface area contributed by atoms with E-state index >= 15 is 0 Å². The summed E-state index contributed by atoms with van der Waals surface area (Å²) in [4.78, 5) is 18.2. The Morgan fingerprint density at radius 2 is 1.89 bits per heavy atom. The predicted molar refractivity (Wildman–Crippen MR) is 99.9 cm³/mol. The quantitative estimate of drug-likeness (QED) is 0.709. The van der Waals surface area contributed by atoms with Gasteiger partial charge in [0, 0.05) is 19.3 Å². The molecule has 1 aliphatic rings. The van der Waals surface area contributed by atoms with Crippen molar-refractivity contribution in [1.82, 2.24) is 4.98 Å². The summed E-state index contributed by atoms with van der Waals surface area (Å²) in [5.41, 5.74) is 2.44. The van der Waals surface area contributed by atoms with E-state index in [0.29, 0.717) is 31.7 Å². The minimum Gasteiger partial charge on any atom is -0.461 e. The zero-order chi connectivity index (χ0) is 20.3. The van der Waals surface area contributed by atoms with Gasteiger partial charge in [-0.3, -0.25) is 4.79 Å². The van der Waals surface area contributed by atoms with Crippen LogP contribution in [0.4, 0.5) is 19.0 Å². The normalized spacial score (nSPS) is 15.5. The number of benzene rings is 1. The minimum absolute atomic E-state index is 0.198. The molecule has 2 heterocycles. The highest BCUT2D eigenvalue weighted by atomic mass is 19.4. The molecule has 0 atom stereocenters. The van der Waals surface area contributed by atoms with Crippen LogP contribution in [0.2, 0.25) is 0 Å². The van der Waals surface area contributed by atoms with Crippen LogP contribution < -0.4 is 4.90 Å². The first-order valence-corrected chi connectivity index (χ1v) is 9.25. The zero-order valence-electron chi connectivity index (χ0n) is 15.9. The van der Waals surface area contributed by atoms with Gasteiger partial charge >= 0.3 is 12.1 Å². The summed E-state index contributed by atoms with van der Waals surface area (Å²) in [5.74, 6) is 0.0759. The Hall–Kier alpha value is -2.57. The monoisotopic (exact) mass is 392 g/mol. The van der Waals surface area contributed by atoms with Crippen LogP contribution in [0.3, 0.4) is 0 Å². The Morgan fingerprint density at radius 1 is 1.18 bits per heavy atom. The van der Waals surface area contributed by atoms with Crippen LogP contribution in [-0.4, -0.2) is 24.0 Å². The standard InChI is InChI=1S/C21H23F3N2O2/c1-14-3-4-15(2)17(11-14)13-28-20(27)16-7-9-26(10-8-16)19-6-5-18(12-25-19)21(22,23)24/h3-6,11-12,16H,7-10,13H2,1-2H3. The van der Waals surface area contributed by atoms with Crippen molar-refractivity contribution in [3.05, 3.63) is 58.8 Å². The van der Waals surface area contributed by atoms with Gasteiger partial charge in [-0.1, -0.05) is 23.8 Å². The van der Waals surface area contributed by atoms with E-state index < -0.39 is 11.7 Å². The Kier molecular flexibility index (Phi) is 5.91.